The van der Waals surface area contributed by atoms with Crippen LogP contribution in [0.15, 0.2) is 189 Å². The molecule has 17 rings (SSSR count). The van der Waals surface area contributed by atoms with Crippen LogP contribution in [0.2, 0.25) is 0 Å². The van der Waals surface area contributed by atoms with Gasteiger partial charge in [0.15, 0.2) is 31.0 Å². The van der Waals surface area contributed by atoms with E-state index in [1.165, 1.54) is 128 Å². The minimum absolute atomic E-state index is 0. The molecule has 6 unspecified atom stereocenters. The highest BCUT2D eigenvalue weighted by molar-refractivity contribution is 5.72. The molecule has 0 radical (unpaired) electrons. The summed E-state index contributed by atoms with van der Waals surface area (Å²) in [6.07, 6.45) is 22.5. The number of aromatic nitrogens is 5. The lowest BCUT2D eigenvalue weighted by Crippen LogP contribution is -2.34. The molecule has 5 aromatic carbocycles. The lowest BCUT2D eigenvalue weighted by Gasteiger charge is -2.24. The van der Waals surface area contributed by atoms with Gasteiger partial charge in [-0.3, -0.25) is 0 Å². The van der Waals surface area contributed by atoms with Crippen LogP contribution in [0.3, 0.4) is 0 Å². The third-order valence-electron chi connectivity index (χ3n) is 24.2. The standard InChI is InChI=1S/C20H24N.C20H26N.2C18H20N.C18H24N.4CH4/c1-13-7-5-6-8-14(13)19-18-15(11-12-21(19)4)16-9-10-17(18)20(16,2)3;1-14-9-7-8-10-15(14)18-17-16(11-12-21(18)6)19(2,3)13-20(17,4)5;2*1-12-5-3-4-6-15(12)18-17-14-8-7-13(11-14)16(17)9-10-19(18)2;1-5-15(6-2)16-11-12-18(19(4)13-16)17-10-8-7-9-14(17)3;;;;/h5-8,11-12,16-17H,9-10H2,1-4H3;7-12H,13H2,1-6H3;2*3-6,9-10,13-14H,7-8,11H2,1-2H3;7-13,15H,5-6H2,1-4H3;4*1H4/q5*+1;;;;/i16D,17D;;13D,14D;;;;;;. The highest BCUT2D eigenvalue weighted by Gasteiger charge is 2.54. The van der Waals surface area contributed by atoms with Crippen LogP contribution in [0.1, 0.15) is 280 Å². The fourth-order valence-electron chi connectivity index (χ4n) is 19.3. The summed E-state index contributed by atoms with van der Waals surface area (Å²) in [4.78, 5) is 0. The van der Waals surface area contributed by atoms with Crippen LogP contribution in [0, 0.1) is 40.0 Å². The van der Waals surface area contributed by atoms with Crippen molar-refractivity contribution in [2.45, 2.75) is 243 Å². The number of aryl methyl sites for hydroxylation is 10. The molecule has 5 aromatic heterocycles. The van der Waals surface area contributed by atoms with Gasteiger partial charge < -0.3 is 0 Å². The van der Waals surface area contributed by atoms with Crippen LogP contribution < -0.4 is 22.8 Å². The van der Waals surface area contributed by atoms with E-state index in [1.54, 1.807) is 11.1 Å². The second-order valence-corrected chi connectivity index (χ2v) is 32.0. The van der Waals surface area contributed by atoms with Crippen LogP contribution >= 0.6 is 0 Å². The first-order valence-corrected chi connectivity index (χ1v) is 37.3. The van der Waals surface area contributed by atoms with Gasteiger partial charge in [0, 0.05) is 91.4 Å². The summed E-state index contributed by atoms with van der Waals surface area (Å²) < 4.78 is 47.2. The zero-order valence-corrected chi connectivity index (χ0v) is 63.1. The Morgan fingerprint density at radius 3 is 1.31 bits per heavy atom. The maximum absolute atomic E-state index is 9.30. The molecule has 103 heavy (non-hydrogen) atoms. The molecule has 7 aliphatic rings. The van der Waals surface area contributed by atoms with E-state index in [1.807, 2.05) is 7.05 Å². The van der Waals surface area contributed by atoms with E-state index in [4.69, 9.17) is 4.11 Å². The molecular weight excluding hydrogens is 1250 g/mol. The number of benzene rings is 5. The predicted molar refractivity (Wildman–Crippen MR) is 437 cm³/mol. The van der Waals surface area contributed by atoms with Crippen LogP contribution in [-0.4, -0.2) is 0 Å². The van der Waals surface area contributed by atoms with Crippen molar-refractivity contribution in [1.29, 1.82) is 0 Å². The second kappa shape index (κ2) is 31.7. The van der Waals surface area contributed by atoms with Crippen molar-refractivity contribution < 1.29 is 28.3 Å². The largest absolute Gasteiger partial charge is 0.216 e. The Labute approximate surface area is 630 Å². The van der Waals surface area contributed by atoms with Gasteiger partial charge in [-0.1, -0.05) is 176 Å². The molecule has 7 aliphatic carbocycles. The van der Waals surface area contributed by atoms with Crippen molar-refractivity contribution in [3.05, 3.63) is 267 Å². The molecule has 3 fully saturated rings. The van der Waals surface area contributed by atoms with Crippen LogP contribution in [-0.2, 0) is 46.1 Å². The van der Waals surface area contributed by atoms with Crippen molar-refractivity contribution in [2.75, 3.05) is 0 Å². The lowest BCUT2D eigenvalue weighted by molar-refractivity contribution is -0.661. The Bertz CT molecular complexity index is 4840. The third-order valence-corrected chi connectivity index (χ3v) is 24.2. The molecule has 0 spiro atoms. The zero-order chi connectivity index (χ0) is 73.7. The minimum Gasteiger partial charge on any atom is -0.201 e. The monoisotopic (exact) mass is 1380 g/mol. The molecule has 6 atom stereocenters. The van der Waals surface area contributed by atoms with E-state index in [9.17, 15) is 1.37 Å². The first kappa shape index (κ1) is 73.2. The zero-order valence-electron chi connectivity index (χ0n) is 67.1. The molecule has 0 N–H and O–H groups in total. The molecule has 5 heterocycles. The average molecular weight is 1380 g/mol. The fourth-order valence-corrected chi connectivity index (χ4v) is 19.3. The SMILES string of the molecule is C.C.C.C.CCC(CC)c1ccc(-c2ccccc2C)[n+](C)c1.Cc1ccccc1-c1c2c(cc[n+]1C)C(C)(C)CC2(C)C.Cc1ccccc1-c1c2c(cc[n+]1C)C1CCC2C1.[2H]C12CCC([2H])(C1)c1c2cc[n+](C)c1-c1ccccc1C.[2H]C12CCC([2H])(c3c1cc[n+](C)c3-c1ccccc1C)C2(C)C. The summed E-state index contributed by atoms with van der Waals surface area (Å²) in [5.41, 5.74) is 31.6. The Kier molecular flexibility index (Phi) is 22.5. The number of nitrogens with zero attached hydrogens (tertiary/aromatic N) is 5. The van der Waals surface area contributed by atoms with Gasteiger partial charge in [0.05, 0.1) is 0 Å². The van der Waals surface area contributed by atoms with Crippen molar-refractivity contribution in [2.24, 2.45) is 40.7 Å². The third kappa shape index (κ3) is 14.6. The highest BCUT2D eigenvalue weighted by Crippen LogP contribution is 2.66. The summed E-state index contributed by atoms with van der Waals surface area (Å²) in [7, 11) is 10.6. The van der Waals surface area contributed by atoms with E-state index in [-0.39, 0.29) is 46.0 Å². The average Bonchev–Trinajstić information content (AvgIpc) is 1.50. The molecule has 5 heteroatoms. The quantitative estimate of drug-likeness (QED) is 0.135. The number of hydrogen-bond acceptors (Lipinski definition) is 0. The van der Waals surface area contributed by atoms with Gasteiger partial charge >= 0.3 is 0 Å². The van der Waals surface area contributed by atoms with E-state index in [2.05, 4.69) is 330 Å². The Morgan fingerprint density at radius 2 is 0.806 bits per heavy atom. The number of fused-ring (bicyclic) bond motifs is 16. The summed E-state index contributed by atoms with van der Waals surface area (Å²) in [6.45, 7) is 29.1. The Balaban J connectivity index is 0.000000153. The maximum atomic E-state index is 9.30. The summed E-state index contributed by atoms with van der Waals surface area (Å²) in [6, 6.07) is 56.2. The van der Waals surface area contributed by atoms with Gasteiger partial charge in [0.25, 0.3) is 0 Å². The van der Waals surface area contributed by atoms with Crippen LogP contribution in [0.5, 0.6) is 0 Å². The molecule has 3 saturated carbocycles. The second-order valence-electron chi connectivity index (χ2n) is 32.0. The first-order chi connectivity index (χ1) is 48.8. The molecule has 5 nitrogen and oxygen atoms in total. The predicted octanol–water partition coefficient (Wildman–Crippen LogP) is 23.6. The number of hydrogen-bond donors (Lipinski definition) is 0. The molecule has 542 valence electrons. The van der Waals surface area contributed by atoms with Crippen molar-refractivity contribution in [3.63, 3.8) is 0 Å². The normalized spacial score (nSPS) is 23.1. The maximum Gasteiger partial charge on any atom is 0.216 e. The minimum atomic E-state index is -0.680. The van der Waals surface area contributed by atoms with Crippen LogP contribution in [0.25, 0.3) is 56.3 Å². The van der Waals surface area contributed by atoms with E-state index in [0.717, 1.165) is 71.2 Å². The fraction of sp³-hybridized carbons (Fsp3) is 0.439. The van der Waals surface area contributed by atoms with Gasteiger partial charge in [0.1, 0.15) is 35.2 Å². The summed E-state index contributed by atoms with van der Waals surface area (Å²) in [5.74, 6) is -0.115. The van der Waals surface area contributed by atoms with Crippen LogP contribution in [0.4, 0.5) is 0 Å². The molecule has 0 aliphatic heterocycles. The smallest absolute Gasteiger partial charge is 0.201 e. The van der Waals surface area contributed by atoms with Gasteiger partial charge in [-0.25, -0.2) is 22.8 Å². The number of rotatable bonds is 8. The van der Waals surface area contributed by atoms with Gasteiger partial charge in [0.2, 0.25) is 28.5 Å². The topological polar surface area (TPSA) is 19.4 Å². The molecule has 0 amide bonds. The number of pyridine rings is 5. The van der Waals surface area contributed by atoms with E-state index >= 15 is 0 Å². The first-order valence-electron chi connectivity index (χ1n) is 39.3. The lowest BCUT2D eigenvalue weighted by atomic mass is 9.79. The van der Waals surface area contributed by atoms with Gasteiger partial charge in [-0.05, 0) is 249 Å². The van der Waals surface area contributed by atoms with Crippen molar-refractivity contribution >= 4 is 0 Å². The Morgan fingerprint density at radius 1 is 0.388 bits per heavy atom. The van der Waals surface area contributed by atoms with Crippen molar-refractivity contribution in [1.82, 2.24) is 0 Å². The Hall–Kier alpha value is -8.15. The van der Waals surface area contributed by atoms with E-state index < -0.39 is 23.6 Å². The summed E-state index contributed by atoms with van der Waals surface area (Å²) >= 11 is 0. The molecular formula is C98H130N5+5. The summed E-state index contributed by atoms with van der Waals surface area (Å²) in [5, 5.41) is 0. The molecule has 6 bridgehead atoms. The molecule has 0 saturated heterocycles. The van der Waals surface area contributed by atoms with Gasteiger partial charge in [-0.15, -0.1) is 0 Å². The van der Waals surface area contributed by atoms with Crippen molar-refractivity contribution in [3.8, 4) is 56.3 Å². The van der Waals surface area contributed by atoms with E-state index in [0.29, 0.717) is 12.3 Å². The molecule has 10 aromatic rings. The highest BCUT2D eigenvalue weighted by atomic mass is 15.0. The van der Waals surface area contributed by atoms with Gasteiger partial charge in [-0.2, -0.15) is 0 Å².